The van der Waals surface area contributed by atoms with Crippen LogP contribution in [0.25, 0.3) is 10.6 Å². The largest absolute Gasteiger partial charge is 0.396 e. The monoisotopic (exact) mass is 340 g/mol. The van der Waals surface area contributed by atoms with Crippen LogP contribution in [0.4, 0.5) is 0 Å². The van der Waals surface area contributed by atoms with E-state index < -0.39 is 0 Å². The molecule has 0 bridgehead atoms. The maximum Gasteiger partial charge on any atom is 0.273 e. The molecule has 0 saturated heterocycles. The molecule has 0 saturated carbocycles. The number of amides is 1. The third kappa shape index (κ3) is 4.04. The lowest BCUT2D eigenvalue weighted by molar-refractivity contribution is 0.0705. The summed E-state index contributed by atoms with van der Waals surface area (Å²) in [5, 5.41) is 20.9. The van der Waals surface area contributed by atoms with Crippen LogP contribution < -0.4 is 0 Å². The first-order valence-electron chi connectivity index (χ1n) is 6.88. The van der Waals surface area contributed by atoms with Gasteiger partial charge in [0.05, 0.1) is 11.6 Å². The lowest BCUT2D eigenvalue weighted by Gasteiger charge is -2.20. The molecule has 22 heavy (non-hydrogen) atoms. The van der Waals surface area contributed by atoms with Crippen molar-refractivity contribution in [2.45, 2.75) is 6.42 Å². The van der Waals surface area contributed by atoms with Crippen LogP contribution >= 0.6 is 22.9 Å². The maximum atomic E-state index is 12.4. The van der Waals surface area contributed by atoms with Crippen molar-refractivity contribution in [3.63, 3.8) is 0 Å². The summed E-state index contributed by atoms with van der Waals surface area (Å²) in [5.41, 5.74) is 1.11. The first kappa shape index (κ1) is 16.9. The molecule has 1 aromatic carbocycles. The molecular weight excluding hydrogens is 324 g/mol. The van der Waals surface area contributed by atoms with Gasteiger partial charge in [-0.1, -0.05) is 29.8 Å². The van der Waals surface area contributed by atoms with Crippen LogP contribution in [0.1, 0.15) is 16.9 Å². The minimum atomic E-state index is -0.253. The van der Waals surface area contributed by atoms with Crippen molar-refractivity contribution in [2.75, 3.05) is 26.3 Å². The zero-order chi connectivity index (χ0) is 15.9. The SMILES string of the molecule is O=C(c1csc(-c2ccccc2Cl)n1)N(CCO)CCCO. The van der Waals surface area contributed by atoms with Gasteiger partial charge in [-0.3, -0.25) is 4.79 Å². The summed E-state index contributed by atoms with van der Waals surface area (Å²) in [6.45, 7) is 0.475. The van der Waals surface area contributed by atoms with Gasteiger partial charge in [-0.25, -0.2) is 4.98 Å². The van der Waals surface area contributed by atoms with Crippen molar-refractivity contribution in [2.24, 2.45) is 0 Å². The normalized spacial score (nSPS) is 10.7. The number of hydrogen-bond acceptors (Lipinski definition) is 5. The highest BCUT2D eigenvalue weighted by Gasteiger charge is 2.19. The van der Waals surface area contributed by atoms with Gasteiger partial charge in [0, 0.05) is 30.6 Å². The summed E-state index contributed by atoms with van der Waals surface area (Å²) in [4.78, 5) is 18.3. The Hall–Kier alpha value is -1.47. The van der Waals surface area contributed by atoms with Gasteiger partial charge in [0.2, 0.25) is 0 Å². The lowest BCUT2D eigenvalue weighted by atomic mass is 10.2. The van der Waals surface area contributed by atoms with Crippen molar-refractivity contribution < 1.29 is 15.0 Å². The Kier molecular flexibility index (Phi) is 6.33. The second-order valence-electron chi connectivity index (χ2n) is 4.61. The molecule has 1 heterocycles. The van der Waals surface area contributed by atoms with Gasteiger partial charge in [-0.05, 0) is 12.5 Å². The summed E-state index contributed by atoms with van der Waals surface area (Å²) in [5.74, 6) is -0.253. The zero-order valence-corrected chi connectivity index (χ0v) is 13.5. The number of aromatic nitrogens is 1. The minimum absolute atomic E-state index is 0.00283. The van der Waals surface area contributed by atoms with Gasteiger partial charge in [0.15, 0.2) is 0 Å². The number of nitrogens with zero attached hydrogens (tertiary/aromatic N) is 2. The zero-order valence-electron chi connectivity index (χ0n) is 11.9. The molecule has 0 unspecified atom stereocenters. The lowest BCUT2D eigenvalue weighted by Crippen LogP contribution is -2.35. The number of aliphatic hydroxyl groups excluding tert-OH is 2. The third-order valence-corrected chi connectivity index (χ3v) is 4.28. The molecule has 2 aromatic rings. The van der Waals surface area contributed by atoms with E-state index in [1.807, 2.05) is 18.2 Å². The van der Waals surface area contributed by atoms with Crippen molar-refractivity contribution in [1.29, 1.82) is 0 Å². The molecule has 0 aliphatic heterocycles. The van der Waals surface area contributed by atoms with Gasteiger partial charge < -0.3 is 15.1 Å². The highest BCUT2D eigenvalue weighted by Crippen LogP contribution is 2.30. The quantitative estimate of drug-likeness (QED) is 0.811. The molecule has 2 rings (SSSR count). The number of halogens is 1. The molecule has 1 amide bonds. The second-order valence-corrected chi connectivity index (χ2v) is 5.88. The fourth-order valence-corrected chi connectivity index (χ4v) is 3.10. The number of benzene rings is 1. The molecule has 0 atom stereocenters. The summed E-state index contributed by atoms with van der Waals surface area (Å²) in [6, 6.07) is 7.33. The average molecular weight is 341 g/mol. The van der Waals surface area contributed by atoms with Crippen LogP contribution in [-0.4, -0.2) is 52.3 Å². The fraction of sp³-hybridized carbons (Fsp3) is 0.333. The van der Waals surface area contributed by atoms with E-state index in [0.29, 0.717) is 28.7 Å². The first-order valence-corrected chi connectivity index (χ1v) is 8.14. The van der Waals surface area contributed by atoms with Crippen molar-refractivity contribution in [3.05, 3.63) is 40.4 Å². The van der Waals surface area contributed by atoms with E-state index in [9.17, 15) is 4.79 Å². The Morgan fingerprint density at radius 1 is 1.23 bits per heavy atom. The number of hydrogen-bond donors (Lipinski definition) is 2. The molecule has 0 fully saturated rings. The Bertz CT molecular complexity index is 633. The molecule has 2 N–H and O–H groups in total. The van der Waals surface area contributed by atoms with Gasteiger partial charge in [-0.15, -0.1) is 11.3 Å². The van der Waals surface area contributed by atoms with E-state index in [4.69, 9.17) is 21.8 Å². The fourth-order valence-electron chi connectivity index (χ4n) is 1.99. The molecule has 0 spiro atoms. The van der Waals surface area contributed by atoms with Crippen LogP contribution in [0, 0.1) is 0 Å². The second kappa shape index (κ2) is 8.24. The number of carbonyl (C=O) groups is 1. The molecule has 118 valence electrons. The van der Waals surface area contributed by atoms with E-state index in [1.54, 1.807) is 11.4 Å². The van der Waals surface area contributed by atoms with E-state index in [-0.39, 0.29) is 25.7 Å². The molecule has 0 aliphatic rings. The Labute approximate surface area is 137 Å². The Morgan fingerprint density at radius 3 is 2.68 bits per heavy atom. The Balaban J connectivity index is 2.19. The molecule has 5 nitrogen and oxygen atoms in total. The van der Waals surface area contributed by atoms with Gasteiger partial charge in [-0.2, -0.15) is 0 Å². The molecule has 1 aromatic heterocycles. The molecule has 7 heteroatoms. The molecule has 0 radical (unpaired) electrons. The predicted molar refractivity (Wildman–Crippen MR) is 87.3 cm³/mol. The van der Waals surface area contributed by atoms with E-state index in [2.05, 4.69) is 4.98 Å². The highest BCUT2D eigenvalue weighted by molar-refractivity contribution is 7.13. The van der Waals surface area contributed by atoms with E-state index in [0.717, 1.165) is 5.56 Å². The van der Waals surface area contributed by atoms with Crippen molar-refractivity contribution in [3.8, 4) is 10.6 Å². The standard InChI is InChI=1S/C15H17ClN2O3S/c16-12-5-2-1-4-11(12)14-17-13(10-22-14)15(21)18(7-9-20)6-3-8-19/h1-2,4-5,10,19-20H,3,6-9H2. The summed E-state index contributed by atoms with van der Waals surface area (Å²) in [6.07, 6.45) is 0.466. The van der Waals surface area contributed by atoms with Crippen LogP contribution in [0.3, 0.4) is 0 Å². The number of aliphatic hydroxyl groups is 2. The van der Waals surface area contributed by atoms with Crippen LogP contribution in [0.15, 0.2) is 29.6 Å². The summed E-state index contributed by atoms with van der Waals surface area (Å²) >= 11 is 7.49. The average Bonchev–Trinajstić information content (AvgIpc) is 3.01. The number of carbonyl (C=O) groups excluding carboxylic acids is 1. The van der Waals surface area contributed by atoms with Gasteiger partial charge in [0.25, 0.3) is 5.91 Å². The van der Waals surface area contributed by atoms with Crippen LogP contribution in [0.2, 0.25) is 5.02 Å². The topological polar surface area (TPSA) is 73.7 Å². The van der Waals surface area contributed by atoms with Crippen molar-refractivity contribution >= 4 is 28.8 Å². The van der Waals surface area contributed by atoms with Crippen LogP contribution in [0.5, 0.6) is 0 Å². The highest BCUT2D eigenvalue weighted by atomic mass is 35.5. The predicted octanol–water partition coefficient (Wildman–Crippen LogP) is 2.28. The van der Waals surface area contributed by atoms with Gasteiger partial charge >= 0.3 is 0 Å². The first-order chi connectivity index (χ1) is 10.7. The number of thiazole rings is 1. The van der Waals surface area contributed by atoms with Crippen molar-refractivity contribution in [1.82, 2.24) is 9.88 Å². The van der Waals surface area contributed by atoms with Crippen LogP contribution in [-0.2, 0) is 0 Å². The smallest absolute Gasteiger partial charge is 0.273 e. The minimum Gasteiger partial charge on any atom is -0.396 e. The summed E-state index contributed by atoms with van der Waals surface area (Å²) in [7, 11) is 0. The number of rotatable bonds is 7. The summed E-state index contributed by atoms with van der Waals surface area (Å²) < 4.78 is 0. The third-order valence-electron chi connectivity index (χ3n) is 3.07. The van der Waals surface area contributed by atoms with Gasteiger partial charge in [0.1, 0.15) is 10.7 Å². The van der Waals surface area contributed by atoms with E-state index in [1.165, 1.54) is 16.2 Å². The Morgan fingerprint density at radius 2 is 2.00 bits per heavy atom. The molecular formula is C15H17ClN2O3S. The molecule has 0 aliphatic carbocycles. The van der Waals surface area contributed by atoms with E-state index >= 15 is 0 Å². The maximum absolute atomic E-state index is 12.4.